The molecule has 0 bridgehead atoms. The topological polar surface area (TPSA) is 94.2 Å². The van der Waals surface area contributed by atoms with Gasteiger partial charge < -0.3 is 15.0 Å². The maximum Gasteiger partial charge on any atom is 0.337 e. The number of rotatable bonds is 7. The van der Waals surface area contributed by atoms with E-state index in [1.54, 1.807) is 12.1 Å². The van der Waals surface area contributed by atoms with Gasteiger partial charge in [-0.25, -0.2) is 4.79 Å². The van der Waals surface area contributed by atoms with Crippen molar-refractivity contribution in [2.24, 2.45) is 11.8 Å². The molecule has 9 heteroatoms. The second kappa shape index (κ2) is 10.7. The molecule has 4 aliphatic rings. The third kappa shape index (κ3) is 4.77. The number of hydrazine groups is 1. The highest BCUT2D eigenvalue weighted by Crippen LogP contribution is 2.41. The number of benzene rings is 1. The lowest BCUT2D eigenvalue weighted by Gasteiger charge is -2.49. The average Bonchev–Trinajstić information content (AvgIpc) is 3.22. The van der Waals surface area contributed by atoms with E-state index >= 15 is 0 Å². The Kier molecular flexibility index (Phi) is 7.37. The molecule has 2 N–H and O–H groups in total. The van der Waals surface area contributed by atoms with Crippen molar-refractivity contribution >= 4 is 17.8 Å². The van der Waals surface area contributed by atoms with Gasteiger partial charge in [0, 0.05) is 24.5 Å². The summed E-state index contributed by atoms with van der Waals surface area (Å²) in [6.45, 7) is 2.99. The fourth-order valence-corrected chi connectivity index (χ4v) is 6.46. The number of amides is 4. The fourth-order valence-electron chi connectivity index (χ4n) is 6.46. The Morgan fingerprint density at radius 1 is 1.14 bits per heavy atom. The van der Waals surface area contributed by atoms with Crippen LogP contribution in [-0.4, -0.2) is 64.7 Å². The van der Waals surface area contributed by atoms with Gasteiger partial charge in [-0.3, -0.25) is 19.5 Å². The molecular weight excluding hydrogens is 458 g/mol. The Hall–Kier alpha value is -2.81. The third-order valence-electron chi connectivity index (χ3n) is 8.32. The second-order valence-corrected chi connectivity index (χ2v) is 10.7. The quantitative estimate of drug-likeness (QED) is 0.603. The minimum absolute atomic E-state index is 0.0909. The van der Waals surface area contributed by atoms with Crippen LogP contribution >= 0.6 is 0 Å². The minimum atomic E-state index is -0.517. The van der Waals surface area contributed by atoms with Crippen LogP contribution in [0.5, 0.6) is 5.75 Å². The predicted octanol–water partition coefficient (Wildman–Crippen LogP) is 3.21. The van der Waals surface area contributed by atoms with Gasteiger partial charge in [0.2, 0.25) is 11.8 Å². The molecule has 2 saturated carbocycles. The minimum Gasteiger partial charge on any atom is -0.497 e. The Morgan fingerprint density at radius 3 is 2.69 bits per heavy atom. The van der Waals surface area contributed by atoms with Crippen LogP contribution in [0.25, 0.3) is 0 Å². The number of carbonyl (C=O) groups is 3. The molecule has 1 aromatic carbocycles. The van der Waals surface area contributed by atoms with Gasteiger partial charge in [-0.05, 0) is 56.2 Å². The second-order valence-electron chi connectivity index (χ2n) is 10.7. The molecule has 4 atom stereocenters. The van der Waals surface area contributed by atoms with Gasteiger partial charge >= 0.3 is 6.03 Å². The molecule has 1 aromatic rings. The first-order valence-electron chi connectivity index (χ1n) is 13.6. The molecule has 0 spiro atoms. The number of fused-ring (bicyclic) bond motifs is 3. The van der Waals surface area contributed by atoms with E-state index in [0.29, 0.717) is 32.4 Å². The van der Waals surface area contributed by atoms with E-state index < -0.39 is 6.29 Å². The fraction of sp³-hybridized carbons (Fsp3) is 0.667. The summed E-state index contributed by atoms with van der Waals surface area (Å²) in [5, 5.41) is 4.87. The normalized spacial score (nSPS) is 28.7. The average molecular weight is 498 g/mol. The molecule has 4 fully saturated rings. The summed E-state index contributed by atoms with van der Waals surface area (Å²) < 4.78 is 5.34. The Balaban J connectivity index is 1.34. The van der Waals surface area contributed by atoms with Gasteiger partial charge in [0.15, 0.2) is 6.29 Å². The summed E-state index contributed by atoms with van der Waals surface area (Å²) in [4.78, 5) is 44.1. The highest BCUT2D eigenvalue weighted by Gasteiger charge is 2.55. The van der Waals surface area contributed by atoms with Crippen LogP contribution in [-0.2, 0) is 16.1 Å². The molecular formula is C27H39N5O4. The van der Waals surface area contributed by atoms with Gasteiger partial charge in [0.05, 0.1) is 19.6 Å². The Bertz CT molecular complexity index is 981. The molecule has 36 heavy (non-hydrogen) atoms. The number of hydrogen-bond donors (Lipinski definition) is 2. The number of carbonyl (C=O) groups excluding carboxylic acids is 3. The lowest BCUT2D eigenvalue weighted by Crippen LogP contribution is -2.67. The van der Waals surface area contributed by atoms with Crippen LogP contribution in [0, 0.1) is 11.8 Å². The first kappa shape index (κ1) is 24.9. The molecule has 5 rings (SSSR count). The van der Waals surface area contributed by atoms with Gasteiger partial charge in [0.25, 0.3) is 0 Å². The molecule has 0 aromatic heterocycles. The van der Waals surface area contributed by atoms with Crippen LogP contribution in [0.3, 0.4) is 0 Å². The van der Waals surface area contributed by atoms with E-state index in [4.69, 9.17) is 4.74 Å². The Morgan fingerprint density at radius 2 is 1.94 bits per heavy atom. The maximum atomic E-state index is 13.7. The number of ether oxygens (including phenoxy) is 1. The van der Waals surface area contributed by atoms with Crippen LogP contribution in [0.1, 0.15) is 70.3 Å². The molecule has 4 unspecified atom stereocenters. The van der Waals surface area contributed by atoms with E-state index in [9.17, 15) is 14.4 Å². The predicted molar refractivity (Wildman–Crippen MR) is 134 cm³/mol. The van der Waals surface area contributed by atoms with Crippen LogP contribution in [0.2, 0.25) is 0 Å². The van der Waals surface area contributed by atoms with Crippen LogP contribution < -0.4 is 15.5 Å². The van der Waals surface area contributed by atoms with E-state index in [-0.39, 0.29) is 41.8 Å². The summed E-state index contributed by atoms with van der Waals surface area (Å²) >= 11 is 0. The standard InChI is InChI=1S/C27H39N5O4/c1-3-14-30-25(34)22-13-12-19(24(33)28-20-9-5-4-6-10-20)16-23(22)32-26(30)29-31(27(32)35)17-18-8-7-11-21(15-18)36-2/h7-8,11,15,19-20,22-23,26,29H,3-6,9-10,12-14,16-17H2,1-2H3,(H,28,33). The molecule has 4 amide bonds. The van der Waals surface area contributed by atoms with Crippen molar-refractivity contribution < 1.29 is 19.1 Å². The zero-order valence-electron chi connectivity index (χ0n) is 21.4. The lowest BCUT2D eigenvalue weighted by atomic mass is 9.75. The third-order valence-corrected chi connectivity index (χ3v) is 8.32. The zero-order valence-corrected chi connectivity index (χ0v) is 21.4. The van der Waals surface area contributed by atoms with Crippen molar-refractivity contribution in [3.8, 4) is 5.75 Å². The van der Waals surface area contributed by atoms with Crippen LogP contribution in [0.15, 0.2) is 24.3 Å². The molecule has 196 valence electrons. The van der Waals surface area contributed by atoms with Crippen molar-refractivity contribution in [3.63, 3.8) is 0 Å². The summed E-state index contributed by atoms with van der Waals surface area (Å²) in [6, 6.07) is 7.50. The molecule has 2 aliphatic heterocycles. The lowest BCUT2D eigenvalue weighted by molar-refractivity contribution is -0.158. The summed E-state index contributed by atoms with van der Waals surface area (Å²) in [6.07, 6.45) is 7.83. The van der Waals surface area contributed by atoms with E-state index in [2.05, 4.69) is 10.7 Å². The monoisotopic (exact) mass is 497 g/mol. The van der Waals surface area contributed by atoms with E-state index in [1.807, 2.05) is 41.0 Å². The van der Waals surface area contributed by atoms with Gasteiger partial charge in [-0.1, -0.05) is 38.3 Å². The highest BCUT2D eigenvalue weighted by molar-refractivity contribution is 5.87. The summed E-state index contributed by atoms with van der Waals surface area (Å²) in [7, 11) is 1.62. The largest absolute Gasteiger partial charge is 0.497 e. The molecule has 2 aliphatic carbocycles. The van der Waals surface area contributed by atoms with Gasteiger partial charge in [-0.15, -0.1) is 0 Å². The van der Waals surface area contributed by atoms with E-state index in [1.165, 1.54) is 19.3 Å². The SMILES string of the molecule is CCCN1C(=O)C2CCC(C(=O)NC3CCCCC3)CC2N2C(=O)N(Cc3cccc(OC)c3)NC12. The van der Waals surface area contributed by atoms with Crippen molar-refractivity contribution in [2.45, 2.75) is 89.6 Å². The smallest absolute Gasteiger partial charge is 0.337 e. The number of methoxy groups -OCH3 is 1. The number of hydrogen-bond acceptors (Lipinski definition) is 5. The number of nitrogens with zero attached hydrogens (tertiary/aromatic N) is 3. The summed E-state index contributed by atoms with van der Waals surface area (Å²) in [5.74, 6) is 0.499. The van der Waals surface area contributed by atoms with Crippen LogP contribution in [0.4, 0.5) is 4.79 Å². The molecule has 2 heterocycles. The molecule has 0 radical (unpaired) electrons. The van der Waals surface area contributed by atoms with Crippen molar-refractivity contribution in [3.05, 3.63) is 29.8 Å². The molecule has 2 saturated heterocycles. The van der Waals surface area contributed by atoms with Crippen molar-refractivity contribution in [1.82, 2.24) is 25.6 Å². The Labute approximate surface area is 213 Å². The van der Waals surface area contributed by atoms with Gasteiger partial charge in [0.1, 0.15) is 5.75 Å². The van der Waals surface area contributed by atoms with Crippen molar-refractivity contribution in [2.75, 3.05) is 13.7 Å². The molecule has 9 nitrogen and oxygen atoms in total. The first-order valence-corrected chi connectivity index (χ1v) is 13.6. The van der Waals surface area contributed by atoms with E-state index in [0.717, 1.165) is 30.6 Å². The van der Waals surface area contributed by atoms with Gasteiger partial charge in [-0.2, -0.15) is 5.43 Å². The highest BCUT2D eigenvalue weighted by atomic mass is 16.5. The zero-order chi connectivity index (χ0) is 25.2. The van der Waals surface area contributed by atoms with Crippen molar-refractivity contribution in [1.29, 1.82) is 0 Å². The first-order chi connectivity index (χ1) is 17.5. The number of urea groups is 1. The maximum absolute atomic E-state index is 13.7. The number of nitrogens with one attached hydrogen (secondary N) is 2. The summed E-state index contributed by atoms with van der Waals surface area (Å²) in [5.41, 5.74) is 4.25.